The normalized spacial score (nSPS) is 21.7. The fourth-order valence-electron chi connectivity index (χ4n) is 5.15. The summed E-state index contributed by atoms with van der Waals surface area (Å²) < 4.78 is 6.15. The Bertz CT molecular complexity index is 959. The van der Waals surface area contributed by atoms with Crippen molar-refractivity contribution in [3.05, 3.63) is 58.8 Å². The highest BCUT2D eigenvalue weighted by molar-refractivity contribution is 5.76. The van der Waals surface area contributed by atoms with Crippen LogP contribution in [0.1, 0.15) is 66.4 Å². The summed E-state index contributed by atoms with van der Waals surface area (Å²) in [5.74, 6) is 0.827. The van der Waals surface area contributed by atoms with E-state index in [1.807, 2.05) is 18.2 Å². The molecule has 1 saturated heterocycles. The monoisotopic (exact) mass is 435 g/mol. The number of likely N-dealkylation sites (tertiary alicyclic amines) is 1. The molecule has 2 aromatic rings. The molecule has 1 saturated carbocycles. The number of hydrogen-bond acceptors (Lipinski definition) is 5. The molecule has 170 valence electrons. The third-order valence-corrected chi connectivity index (χ3v) is 6.97. The summed E-state index contributed by atoms with van der Waals surface area (Å²) >= 11 is 0. The van der Waals surface area contributed by atoms with Crippen molar-refractivity contribution in [2.24, 2.45) is 0 Å². The van der Waals surface area contributed by atoms with Crippen molar-refractivity contribution in [3.63, 3.8) is 0 Å². The lowest BCUT2D eigenvalue weighted by Gasteiger charge is -2.26. The fraction of sp³-hybridized carbons (Fsp3) is 0.538. The van der Waals surface area contributed by atoms with Crippen LogP contribution in [0.5, 0.6) is 0 Å². The number of ether oxygens (including phenoxy) is 1. The molecule has 2 atom stereocenters. The van der Waals surface area contributed by atoms with E-state index >= 15 is 0 Å². The van der Waals surface area contributed by atoms with Gasteiger partial charge < -0.3 is 15.2 Å². The highest BCUT2D eigenvalue weighted by Crippen LogP contribution is 2.44. The summed E-state index contributed by atoms with van der Waals surface area (Å²) in [4.78, 5) is 19.1. The maximum Gasteiger partial charge on any atom is 0.325 e. The van der Waals surface area contributed by atoms with Crippen molar-refractivity contribution >= 4 is 11.8 Å². The highest BCUT2D eigenvalue weighted by Gasteiger charge is 2.37. The molecule has 32 heavy (non-hydrogen) atoms. The fourth-order valence-corrected chi connectivity index (χ4v) is 5.15. The quantitative estimate of drug-likeness (QED) is 0.576. The molecular weight excluding hydrogens is 402 g/mol. The van der Waals surface area contributed by atoms with Gasteiger partial charge in [-0.1, -0.05) is 30.3 Å². The lowest BCUT2D eigenvalue weighted by molar-refractivity contribution is -0.143. The first-order valence-electron chi connectivity index (χ1n) is 12.1. The third kappa shape index (κ3) is 4.81. The molecule has 2 aliphatic heterocycles. The minimum absolute atomic E-state index is 0.100. The second-order valence-corrected chi connectivity index (χ2v) is 9.36. The zero-order valence-corrected chi connectivity index (χ0v) is 18.6. The van der Waals surface area contributed by atoms with E-state index in [1.54, 1.807) is 0 Å². The Morgan fingerprint density at radius 2 is 2.09 bits per heavy atom. The van der Waals surface area contributed by atoms with E-state index in [1.165, 1.54) is 30.4 Å². The topological polar surface area (TPSA) is 74.7 Å². The number of pyridine rings is 1. The summed E-state index contributed by atoms with van der Waals surface area (Å²) in [6.07, 6.45) is 7.44. The van der Waals surface area contributed by atoms with Crippen LogP contribution < -0.4 is 5.32 Å². The summed E-state index contributed by atoms with van der Waals surface area (Å²) in [5.41, 5.74) is 4.61. The first kappa shape index (κ1) is 21.4. The molecule has 2 unspecified atom stereocenters. The van der Waals surface area contributed by atoms with Gasteiger partial charge in [-0.05, 0) is 73.6 Å². The van der Waals surface area contributed by atoms with Gasteiger partial charge in [-0.25, -0.2) is 4.98 Å². The number of aromatic nitrogens is 1. The molecule has 5 rings (SSSR count). The summed E-state index contributed by atoms with van der Waals surface area (Å²) in [5, 5.41) is 13.4. The number of nitrogens with zero attached hydrogens (tertiary/aromatic N) is 2. The number of hydrogen-bond donors (Lipinski definition) is 2. The second kappa shape index (κ2) is 9.59. The van der Waals surface area contributed by atoms with E-state index in [4.69, 9.17) is 9.72 Å². The number of carboxylic acid groups (broad SMARTS) is 1. The van der Waals surface area contributed by atoms with Crippen LogP contribution in [0.4, 0.5) is 5.82 Å². The molecule has 1 aromatic heterocycles. The zero-order chi connectivity index (χ0) is 21.9. The second-order valence-electron chi connectivity index (χ2n) is 9.36. The van der Waals surface area contributed by atoms with Gasteiger partial charge in [0.05, 0.1) is 6.10 Å². The zero-order valence-electron chi connectivity index (χ0n) is 18.6. The summed E-state index contributed by atoms with van der Waals surface area (Å²) in [7, 11) is 0. The van der Waals surface area contributed by atoms with Crippen LogP contribution in [0.2, 0.25) is 0 Å². The molecule has 6 heteroatoms. The van der Waals surface area contributed by atoms with E-state index in [0.29, 0.717) is 19.1 Å². The predicted octanol–water partition coefficient (Wildman–Crippen LogP) is 4.17. The Balaban J connectivity index is 1.13. The van der Waals surface area contributed by atoms with Crippen LogP contribution in [0.3, 0.4) is 0 Å². The van der Waals surface area contributed by atoms with Gasteiger partial charge in [0.15, 0.2) is 0 Å². The van der Waals surface area contributed by atoms with Crippen LogP contribution in [-0.2, 0) is 22.4 Å². The number of anilines is 1. The molecule has 0 amide bonds. The highest BCUT2D eigenvalue weighted by atomic mass is 16.5. The number of rotatable bonds is 9. The van der Waals surface area contributed by atoms with Crippen LogP contribution in [0.15, 0.2) is 36.4 Å². The minimum atomic E-state index is -0.758. The van der Waals surface area contributed by atoms with Crippen molar-refractivity contribution in [2.75, 3.05) is 31.6 Å². The maximum atomic E-state index is 12.2. The third-order valence-electron chi connectivity index (χ3n) is 6.97. The first-order chi connectivity index (χ1) is 15.7. The van der Waals surface area contributed by atoms with Crippen LogP contribution in [-0.4, -0.2) is 53.3 Å². The SMILES string of the molecule is O=C(O)C(c1ccccc1C1CC1)N1CCC(OCCCc2ccc3c(n2)NCCC3)C1. The number of carbonyl (C=O) groups is 1. The molecule has 2 fully saturated rings. The maximum absolute atomic E-state index is 12.2. The largest absolute Gasteiger partial charge is 0.480 e. The number of benzene rings is 1. The lowest BCUT2D eigenvalue weighted by Crippen LogP contribution is -2.34. The Kier molecular flexibility index (Phi) is 6.42. The number of aliphatic carboxylic acids is 1. The number of nitrogens with one attached hydrogen (secondary N) is 1. The van der Waals surface area contributed by atoms with Crippen molar-refractivity contribution < 1.29 is 14.6 Å². The van der Waals surface area contributed by atoms with Gasteiger partial charge in [-0.2, -0.15) is 0 Å². The number of fused-ring (bicyclic) bond motifs is 1. The Labute approximate surface area is 190 Å². The first-order valence-corrected chi connectivity index (χ1v) is 12.1. The van der Waals surface area contributed by atoms with Gasteiger partial charge in [0, 0.05) is 31.9 Å². The Morgan fingerprint density at radius 1 is 1.22 bits per heavy atom. The lowest BCUT2D eigenvalue weighted by atomic mass is 9.96. The number of carboxylic acids is 1. The number of aryl methyl sites for hydroxylation is 2. The van der Waals surface area contributed by atoms with Gasteiger partial charge in [-0.15, -0.1) is 0 Å². The van der Waals surface area contributed by atoms with Crippen molar-refractivity contribution in [1.82, 2.24) is 9.88 Å². The smallest absolute Gasteiger partial charge is 0.325 e. The molecule has 3 heterocycles. The van der Waals surface area contributed by atoms with Crippen molar-refractivity contribution in [2.45, 2.75) is 63.0 Å². The summed E-state index contributed by atoms with van der Waals surface area (Å²) in [6, 6.07) is 11.9. The Hall–Kier alpha value is -2.44. The molecule has 1 aliphatic carbocycles. The predicted molar refractivity (Wildman–Crippen MR) is 124 cm³/mol. The van der Waals surface area contributed by atoms with E-state index in [9.17, 15) is 9.90 Å². The van der Waals surface area contributed by atoms with Crippen LogP contribution in [0, 0.1) is 0 Å². The van der Waals surface area contributed by atoms with E-state index in [0.717, 1.165) is 55.8 Å². The molecule has 2 N–H and O–H groups in total. The molecule has 0 radical (unpaired) electrons. The van der Waals surface area contributed by atoms with Gasteiger partial charge >= 0.3 is 5.97 Å². The standard InChI is InChI=1S/C26H33N3O3/c30-26(31)24(23-8-2-1-7-22(23)18-9-10-18)29-15-13-21(17-29)32-16-4-6-20-12-11-19-5-3-14-27-25(19)28-20/h1-2,7-8,11-12,18,21,24H,3-6,9-10,13-17H2,(H,27,28)(H,30,31). The van der Waals surface area contributed by atoms with E-state index in [2.05, 4.69) is 28.4 Å². The Morgan fingerprint density at radius 3 is 2.94 bits per heavy atom. The van der Waals surface area contributed by atoms with Gasteiger partial charge in [0.25, 0.3) is 0 Å². The average molecular weight is 436 g/mol. The van der Waals surface area contributed by atoms with Crippen molar-refractivity contribution in [3.8, 4) is 0 Å². The van der Waals surface area contributed by atoms with Crippen LogP contribution in [0.25, 0.3) is 0 Å². The van der Waals surface area contributed by atoms with Gasteiger partial charge in [-0.3, -0.25) is 9.69 Å². The van der Waals surface area contributed by atoms with Gasteiger partial charge in [0.2, 0.25) is 0 Å². The van der Waals surface area contributed by atoms with Crippen LogP contribution >= 0.6 is 0 Å². The molecule has 0 bridgehead atoms. The minimum Gasteiger partial charge on any atom is -0.480 e. The molecular formula is C26H33N3O3. The molecule has 1 aromatic carbocycles. The van der Waals surface area contributed by atoms with E-state index < -0.39 is 12.0 Å². The summed E-state index contributed by atoms with van der Waals surface area (Å²) in [6.45, 7) is 3.13. The van der Waals surface area contributed by atoms with Crippen molar-refractivity contribution in [1.29, 1.82) is 0 Å². The van der Waals surface area contributed by atoms with E-state index in [-0.39, 0.29) is 6.10 Å². The van der Waals surface area contributed by atoms with Gasteiger partial charge in [0.1, 0.15) is 11.9 Å². The molecule has 0 spiro atoms. The molecule has 3 aliphatic rings. The molecule has 6 nitrogen and oxygen atoms in total. The average Bonchev–Trinajstić information content (AvgIpc) is 3.56.